The largest absolute Gasteiger partial charge is 0.332 e. The highest BCUT2D eigenvalue weighted by molar-refractivity contribution is 14.1. The lowest BCUT2D eigenvalue weighted by Gasteiger charge is -2.32. The average Bonchev–Trinajstić information content (AvgIpc) is 2.43. The lowest BCUT2D eigenvalue weighted by Crippen LogP contribution is -2.59. The molecular weight excluding hydrogens is 389 g/mol. The maximum Gasteiger partial charge on any atom is 0.332 e. The molecule has 0 radical (unpaired) electrons. The van der Waals surface area contributed by atoms with Gasteiger partial charge in [-0.2, -0.15) is 0 Å². The summed E-state index contributed by atoms with van der Waals surface area (Å²) in [7, 11) is 2.47. The monoisotopic (exact) mass is 401 g/mol. The number of hydrogen-bond donors (Lipinski definition) is 1. The van der Waals surface area contributed by atoms with Gasteiger partial charge < -0.3 is 5.32 Å². The summed E-state index contributed by atoms with van der Waals surface area (Å²) in [6, 6.07) is 6.19. The maximum atomic E-state index is 12.2. The van der Waals surface area contributed by atoms with Crippen LogP contribution in [0, 0.1) is 9.49 Å². The number of nitrogens with zero attached hydrogens (tertiary/aromatic N) is 2. The first-order chi connectivity index (χ1) is 9.82. The molecule has 1 aliphatic rings. The molecule has 8 heteroatoms. The van der Waals surface area contributed by atoms with Crippen LogP contribution in [0.25, 0.3) is 0 Å². The van der Waals surface area contributed by atoms with Crippen LogP contribution in [0.4, 0.5) is 10.5 Å². The minimum Gasteiger partial charge on any atom is -0.325 e. The number of hydrogen-bond acceptors (Lipinski definition) is 4. The molecule has 1 aromatic rings. The number of anilines is 1. The van der Waals surface area contributed by atoms with Crippen molar-refractivity contribution in [2.75, 3.05) is 19.4 Å². The highest BCUT2D eigenvalue weighted by Gasteiger charge is 2.46. The van der Waals surface area contributed by atoms with Gasteiger partial charge >= 0.3 is 6.03 Å². The molecule has 0 bridgehead atoms. The van der Waals surface area contributed by atoms with Crippen molar-refractivity contribution in [3.63, 3.8) is 0 Å². The summed E-state index contributed by atoms with van der Waals surface area (Å²) in [6.07, 6.45) is 0. The van der Waals surface area contributed by atoms with E-state index in [1.807, 2.05) is 6.07 Å². The van der Waals surface area contributed by atoms with Gasteiger partial charge in [-0.1, -0.05) is 6.07 Å². The zero-order chi connectivity index (χ0) is 15.7. The minimum atomic E-state index is -1.55. The Labute approximate surface area is 134 Å². The highest BCUT2D eigenvalue weighted by atomic mass is 127. The summed E-state index contributed by atoms with van der Waals surface area (Å²) < 4.78 is 0.899. The first kappa shape index (κ1) is 15.4. The van der Waals surface area contributed by atoms with Gasteiger partial charge in [0.05, 0.1) is 0 Å². The van der Waals surface area contributed by atoms with Crippen molar-refractivity contribution in [3.05, 3.63) is 27.8 Å². The van der Waals surface area contributed by atoms with Crippen molar-refractivity contribution in [1.29, 1.82) is 0 Å². The first-order valence-electron chi connectivity index (χ1n) is 5.98. The molecule has 21 heavy (non-hydrogen) atoms. The van der Waals surface area contributed by atoms with Crippen molar-refractivity contribution in [3.8, 4) is 0 Å². The summed E-state index contributed by atoms with van der Waals surface area (Å²) >= 11 is 2.08. The number of barbiturate groups is 1. The molecule has 0 aromatic heterocycles. The van der Waals surface area contributed by atoms with E-state index in [0.29, 0.717) is 5.69 Å². The average molecular weight is 401 g/mol. The Hall–Kier alpha value is -1.97. The summed E-state index contributed by atoms with van der Waals surface area (Å²) in [5, 5.41) is 2.52. The normalized spacial score (nSPS) is 16.4. The van der Waals surface area contributed by atoms with Gasteiger partial charge in [-0.15, -0.1) is 0 Å². The van der Waals surface area contributed by atoms with Gasteiger partial charge in [0.1, 0.15) is 0 Å². The van der Waals surface area contributed by atoms with E-state index in [9.17, 15) is 19.2 Å². The van der Waals surface area contributed by atoms with Crippen LogP contribution in [0.5, 0.6) is 0 Å². The van der Waals surface area contributed by atoms with Gasteiger partial charge in [0.15, 0.2) is 5.92 Å². The second kappa shape index (κ2) is 5.80. The lowest BCUT2D eigenvalue weighted by molar-refractivity contribution is -0.151. The number of nitrogens with one attached hydrogen (secondary N) is 1. The second-order valence-corrected chi connectivity index (χ2v) is 5.76. The minimum absolute atomic E-state index is 0.481. The molecule has 0 unspecified atom stereocenters. The van der Waals surface area contributed by atoms with Crippen LogP contribution >= 0.6 is 22.6 Å². The molecule has 1 aromatic carbocycles. The molecule has 0 atom stereocenters. The molecule has 0 spiro atoms. The van der Waals surface area contributed by atoms with E-state index in [2.05, 4.69) is 27.9 Å². The molecule has 110 valence electrons. The number of halogens is 1. The number of carbonyl (C=O) groups is 4. The number of carbonyl (C=O) groups excluding carboxylic acids is 4. The zero-order valence-corrected chi connectivity index (χ0v) is 13.4. The summed E-state index contributed by atoms with van der Waals surface area (Å²) in [5.41, 5.74) is 0.481. The van der Waals surface area contributed by atoms with Gasteiger partial charge in [0.25, 0.3) is 11.8 Å². The Morgan fingerprint density at radius 2 is 1.71 bits per heavy atom. The predicted molar refractivity (Wildman–Crippen MR) is 82.2 cm³/mol. The smallest absolute Gasteiger partial charge is 0.325 e. The fraction of sp³-hybridized carbons (Fsp3) is 0.231. The standard InChI is InChI=1S/C13H12IN3O4/c1-16-11(19)9(12(20)17(2)13(16)21)10(18)15-8-5-3-4-7(14)6-8/h3-6,9H,1-2H3,(H,15,18). The van der Waals surface area contributed by atoms with Crippen LogP contribution in [0.1, 0.15) is 0 Å². The van der Waals surface area contributed by atoms with Crippen LogP contribution in [0.15, 0.2) is 24.3 Å². The fourth-order valence-electron chi connectivity index (χ4n) is 1.91. The Kier molecular flexibility index (Phi) is 4.26. The Morgan fingerprint density at radius 1 is 1.14 bits per heavy atom. The topological polar surface area (TPSA) is 86.8 Å². The Balaban J connectivity index is 2.23. The third-order valence-electron chi connectivity index (χ3n) is 3.08. The molecule has 2 rings (SSSR count). The fourth-order valence-corrected chi connectivity index (χ4v) is 2.45. The van der Waals surface area contributed by atoms with Crippen molar-refractivity contribution < 1.29 is 19.2 Å². The van der Waals surface area contributed by atoms with Crippen molar-refractivity contribution >= 4 is 52.0 Å². The van der Waals surface area contributed by atoms with Crippen LogP contribution in [-0.2, 0) is 14.4 Å². The van der Waals surface area contributed by atoms with Crippen molar-refractivity contribution in [1.82, 2.24) is 9.80 Å². The molecule has 0 aliphatic carbocycles. The maximum absolute atomic E-state index is 12.2. The third-order valence-corrected chi connectivity index (χ3v) is 3.75. The summed E-state index contributed by atoms with van der Waals surface area (Å²) in [5.74, 6) is -3.95. The van der Waals surface area contributed by atoms with Crippen LogP contribution < -0.4 is 5.32 Å². The van der Waals surface area contributed by atoms with Gasteiger partial charge in [0, 0.05) is 23.4 Å². The molecule has 1 aliphatic heterocycles. The second-order valence-electron chi connectivity index (χ2n) is 4.51. The number of benzene rings is 1. The van der Waals surface area contributed by atoms with Gasteiger partial charge in [-0.3, -0.25) is 24.2 Å². The quantitative estimate of drug-likeness (QED) is 0.590. The molecule has 5 amide bonds. The van der Waals surface area contributed by atoms with E-state index in [1.165, 1.54) is 14.1 Å². The third kappa shape index (κ3) is 2.89. The highest BCUT2D eigenvalue weighted by Crippen LogP contribution is 2.18. The SMILES string of the molecule is CN1C(=O)C(C(=O)Nc2cccc(I)c2)C(=O)N(C)C1=O. The van der Waals surface area contributed by atoms with Crippen LogP contribution in [0.2, 0.25) is 0 Å². The molecule has 1 saturated heterocycles. The van der Waals surface area contributed by atoms with E-state index in [-0.39, 0.29) is 0 Å². The molecule has 1 heterocycles. The lowest BCUT2D eigenvalue weighted by atomic mass is 10.0. The molecule has 7 nitrogen and oxygen atoms in total. The summed E-state index contributed by atoms with van der Waals surface area (Å²) in [6.45, 7) is 0. The van der Waals surface area contributed by atoms with E-state index in [4.69, 9.17) is 0 Å². The molecule has 1 N–H and O–H groups in total. The van der Waals surface area contributed by atoms with Crippen molar-refractivity contribution in [2.24, 2.45) is 5.92 Å². The molecular formula is C13H12IN3O4. The predicted octanol–water partition coefficient (Wildman–Crippen LogP) is 0.896. The van der Waals surface area contributed by atoms with E-state index < -0.39 is 29.7 Å². The first-order valence-corrected chi connectivity index (χ1v) is 7.06. The Bertz CT molecular complexity index is 622. The number of imide groups is 2. The molecule has 1 fully saturated rings. The summed E-state index contributed by atoms with van der Waals surface area (Å²) in [4.78, 5) is 49.3. The van der Waals surface area contributed by atoms with Gasteiger partial charge in [-0.25, -0.2) is 4.79 Å². The number of amides is 5. The van der Waals surface area contributed by atoms with Crippen LogP contribution in [-0.4, -0.2) is 47.6 Å². The van der Waals surface area contributed by atoms with Gasteiger partial charge in [-0.05, 0) is 40.8 Å². The number of rotatable bonds is 2. The van der Waals surface area contributed by atoms with Crippen LogP contribution in [0.3, 0.4) is 0 Å². The van der Waals surface area contributed by atoms with Gasteiger partial charge in [0.2, 0.25) is 5.91 Å². The number of urea groups is 1. The van der Waals surface area contributed by atoms with E-state index in [0.717, 1.165) is 13.4 Å². The van der Waals surface area contributed by atoms with Crippen molar-refractivity contribution in [2.45, 2.75) is 0 Å². The zero-order valence-electron chi connectivity index (χ0n) is 11.3. The molecule has 0 saturated carbocycles. The Morgan fingerprint density at radius 3 is 2.24 bits per heavy atom. The van der Waals surface area contributed by atoms with E-state index >= 15 is 0 Å². The van der Waals surface area contributed by atoms with E-state index in [1.54, 1.807) is 18.2 Å².